The molecule has 0 radical (unpaired) electrons. The number of carboxylic acid groups (broad SMARTS) is 1. The maximum absolute atomic E-state index is 12.8. The lowest BCUT2D eigenvalue weighted by molar-refractivity contribution is -0.137. The highest BCUT2D eigenvalue weighted by Gasteiger charge is 2.24. The third-order valence-electron chi connectivity index (χ3n) is 4.42. The van der Waals surface area contributed by atoms with Crippen molar-refractivity contribution in [3.63, 3.8) is 0 Å². The summed E-state index contributed by atoms with van der Waals surface area (Å²) >= 11 is 0. The van der Waals surface area contributed by atoms with Crippen LogP contribution in [0.1, 0.15) is 28.5 Å². The smallest absolute Gasteiger partial charge is 0.305 e. The van der Waals surface area contributed by atoms with Crippen LogP contribution in [0.4, 0.5) is 0 Å². The van der Waals surface area contributed by atoms with Crippen LogP contribution in [0.3, 0.4) is 0 Å². The van der Waals surface area contributed by atoms with Crippen molar-refractivity contribution in [1.29, 1.82) is 0 Å². The number of methoxy groups -OCH3 is 2. The van der Waals surface area contributed by atoms with Gasteiger partial charge in [0, 0.05) is 17.7 Å². The number of nitrogens with one attached hydrogen (secondary N) is 1. The number of hydrogen-bond acceptors (Lipinski definition) is 6. The van der Waals surface area contributed by atoms with Crippen molar-refractivity contribution in [3.05, 3.63) is 65.9 Å². The number of aromatic hydroxyl groups is 1. The van der Waals surface area contributed by atoms with E-state index >= 15 is 0 Å². The molecule has 1 unspecified atom stereocenters. The summed E-state index contributed by atoms with van der Waals surface area (Å²) in [4.78, 5) is 24.2. The molecular formula is C21H21N3O6. The fraction of sp³-hybridized carbons (Fsp3) is 0.190. The topological polar surface area (TPSA) is 123 Å². The molecule has 0 aliphatic carbocycles. The van der Waals surface area contributed by atoms with Crippen LogP contribution in [-0.4, -0.2) is 46.1 Å². The largest absolute Gasteiger partial charge is 0.497 e. The summed E-state index contributed by atoms with van der Waals surface area (Å²) in [7, 11) is 2.94. The van der Waals surface area contributed by atoms with Crippen LogP contribution < -0.4 is 14.8 Å². The van der Waals surface area contributed by atoms with E-state index in [0.29, 0.717) is 22.7 Å². The van der Waals surface area contributed by atoms with Crippen molar-refractivity contribution in [2.45, 2.75) is 12.5 Å². The van der Waals surface area contributed by atoms with Crippen molar-refractivity contribution in [2.75, 3.05) is 14.2 Å². The van der Waals surface area contributed by atoms with Crippen molar-refractivity contribution in [2.24, 2.45) is 0 Å². The fourth-order valence-electron chi connectivity index (χ4n) is 2.99. The fourth-order valence-corrected chi connectivity index (χ4v) is 2.99. The van der Waals surface area contributed by atoms with Gasteiger partial charge in [-0.2, -0.15) is 5.10 Å². The van der Waals surface area contributed by atoms with Crippen molar-refractivity contribution in [1.82, 2.24) is 15.1 Å². The first-order valence-corrected chi connectivity index (χ1v) is 9.02. The first-order chi connectivity index (χ1) is 14.4. The molecule has 0 saturated heterocycles. The monoisotopic (exact) mass is 411 g/mol. The van der Waals surface area contributed by atoms with E-state index in [4.69, 9.17) is 9.47 Å². The number of amides is 1. The van der Waals surface area contributed by atoms with Gasteiger partial charge in [0.25, 0.3) is 5.91 Å². The number of para-hydroxylation sites is 1. The highest BCUT2D eigenvalue weighted by Crippen LogP contribution is 2.31. The lowest BCUT2D eigenvalue weighted by Crippen LogP contribution is -2.31. The number of carboxylic acids is 1. The summed E-state index contributed by atoms with van der Waals surface area (Å²) in [6.45, 7) is 0. The summed E-state index contributed by atoms with van der Waals surface area (Å²) in [6.07, 6.45) is -0.375. The number of nitrogens with zero attached hydrogens (tertiary/aromatic N) is 2. The van der Waals surface area contributed by atoms with Crippen LogP contribution in [0.2, 0.25) is 0 Å². The van der Waals surface area contributed by atoms with Gasteiger partial charge in [-0.05, 0) is 24.3 Å². The van der Waals surface area contributed by atoms with Gasteiger partial charge < -0.3 is 25.0 Å². The highest BCUT2D eigenvalue weighted by atomic mass is 16.5. The van der Waals surface area contributed by atoms with E-state index in [2.05, 4.69) is 10.4 Å². The molecule has 0 saturated carbocycles. The van der Waals surface area contributed by atoms with Gasteiger partial charge in [-0.3, -0.25) is 9.59 Å². The lowest BCUT2D eigenvalue weighted by Gasteiger charge is -2.20. The van der Waals surface area contributed by atoms with Crippen molar-refractivity contribution < 1.29 is 29.3 Å². The second-order valence-corrected chi connectivity index (χ2v) is 6.37. The van der Waals surface area contributed by atoms with E-state index in [-0.39, 0.29) is 18.0 Å². The molecular weight excluding hydrogens is 390 g/mol. The number of rotatable bonds is 8. The highest BCUT2D eigenvalue weighted by molar-refractivity contribution is 5.93. The molecule has 9 heteroatoms. The minimum absolute atomic E-state index is 0.0563. The molecule has 0 aliphatic rings. The zero-order chi connectivity index (χ0) is 21.7. The molecule has 2 aromatic carbocycles. The van der Waals surface area contributed by atoms with E-state index in [1.165, 1.54) is 25.0 Å². The Balaban J connectivity index is 1.89. The minimum atomic E-state index is -1.10. The van der Waals surface area contributed by atoms with Crippen LogP contribution in [0.25, 0.3) is 5.69 Å². The zero-order valence-electron chi connectivity index (χ0n) is 16.4. The molecule has 156 valence electrons. The van der Waals surface area contributed by atoms with Gasteiger partial charge in [0.2, 0.25) is 5.88 Å². The number of benzene rings is 2. The van der Waals surface area contributed by atoms with E-state index in [0.717, 1.165) is 0 Å². The van der Waals surface area contributed by atoms with Gasteiger partial charge in [-0.1, -0.05) is 18.2 Å². The van der Waals surface area contributed by atoms with Crippen molar-refractivity contribution in [3.8, 4) is 23.1 Å². The van der Waals surface area contributed by atoms with Gasteiger partial charge in [0.1, 0.15) is 11.5 Å². The molecule has 1 aromatic heterocycles. The maximum Gasteiger partial charge on any atom is 0.305 e. The van der Waals surface area contributed by atoms with Crippen molar-refractivity contribution >= 4 is 11.9 Å². The molecule has 1 heterocycles. The van der Waals surface area contributed by atoms with Crippen LogP contribution in [0, 0.1) is 0 Å². The summed E-state index contributed by atoms with van der Waals surface area (Å²) in [5, 5.41) is 26.3. The van der Waals surface area contributed by atoms with Crippen LogP contribution in [0.15, 0.2) is 54.6 Å². The Morgan fingerprint density at radius 2 is 1.83 bits per heavy atom. The molecule has 0 fully saturated rings. The Bertz CT molecular complexity index is 1050. The predicted molar refractivity (Wildman–Crippen MR) is 107 cm³/mol. The Labute approximate surface area is 172 Å². The number of carbonyl (C=O) groups excluding carboxylic acids is 1. The number of aromatic nitrogens is 2. The third-order valence-corrected chi connectivity index (χ3v) is 4.42. The third kappa shape index (κ3) is 4.52. The minimum Gasteiger partial charge on any atom is -0.497 e. The first-order valence-electron chi connectivity index (χ1n) is 9.02. The van der Waals surface area contributed by atoms with E-state index in [9.17, 15) is 19.8 Å². The molecule has 3 N–H and O–H groups in total. The summed E-state index contributed by atoms with van der Waals surface area (Å²) in [6, 6.07) is 14.0. The average Bonchev–Trinajstić information content (AvgIpc) is 3.14. The summed E-state index contributed by atoms with van der Waals surface area (Å²) in [5.74, 6) is -1.05. The van der Waals surface area contributed by atoms with Crippen LogP contribution in [0.5, 0.6) is 17.4 Å². The summed E-state index contributed by atoms with van der Waals surface area (Å²) < 4.78 is 11.7. The standard InChI is InChI=1S/C21H21N3O6/c1-29-14-8-9-15(18(10-14)30-2)16(12-20(26)27)22-21(28)17-11-19(25)24(23-17)13-6-4-3-5-7-13/h3-11,16,25H,12H2,1-2H3,(H,22,28)(H,26,27). The van der Waals surface area contributed by atoms with Crippen LogP contribution >= 0.6 is 0 Å². The quantitative estimate of drug-likeness (QED) is 0.520. The lowest BCUT2D eigenvalue weighted by atomic mass is 10.0. The SMILES string of the molecule is COc1ccc(C(CC(=O)O)NC(=O)c2cc(O)n(-c3ccccc3)n2)c(OC)c1. The Morgan fingerprint density at radius 3 is 2.47 bits per heavy atom. The van der Waals surface area contributed by atoms with Gasteiger partial charge in [-0.15, -0.1) is 0 Å². The molecule has 1 amide bonds. The molecule has 3 aromatic rings. The normalized spacial score (nSPS) is 11.5. The average molecular weight is 411 g/mol. The molecule has 3 rings (SSSR count). The number of hydrogen-bond donors (Lipinski definition) is 3. The molecule has 30 heavy (non-hydrogen) atoms. The Hall–Kier alpha value is -4.01. The number of carbonyl (C=O) groups is 2. The molecule has 1 atom stereocenters. The first kappa shape index (κ1) is 20.7. The molecule has 0 bridgehead atoms. The molecule has 9 nitrogen and oxygen atoms in total. The number of aliphatic carboxylic acids is 1. The maximum atomic E-state index is 12.8. The van der Waals surface area contributed by atoms with Crippen LogP contribution in [-0.2, 0) is 4.79 Å². The predicted octanol–water partition coefficient (Wildman–Crippen LogP) is 2.54. The van der Waals surface area contributed by atoms with Gasteiger partial charge >= 0.3 is 5.97 Å². The van der Waals surface area contributed by atoms with E-state index in [1.54, 1.807) is 42.5 Å². The Kier molecular flexibility index (Phi) is 6.21. The molecule has 0 spiro atoms. The van der Waals surface area contributed by atoms with E-state index in [1.807, 2.05) is 6.07 Å². The van der Waals surface area contributed by atoms with Gasteiger partial charge in [0.05, 0.1) is 32.4 Å². The van der Waals surface area contributed by atoms with Gasteiger partial charge in [-0.25, -0.2) is 4.68 Å². The Morgan fingerprint density at radius 1 is 1.10 bits per heavy atom. The number of ether oxygens (including phenoxy) is 2. The van der Waals surface area contributed by atoms with E-state index < -0.39 is 17.9 Å². The molecule has 0 aliphatic heterocycles. The second-order valence-electron chi connectivity index (χ2n) is 6.37. The summed E-state index contributed by atoms with van der Waals surface area (Å²) in [5.41, 5.74) is 0.993. The van der Waals surface area contributed by atoms with Gasteiger partial charge in [0.15, 0.2) is 5.69 Å². The zero-order valence-corrected chi connectivity index (χ0v) is 16.4. The second kappa shape index (κ2) is 8.99.